The lowest BCUT2D eigenvalue weighted by atomic mass is 10.1. The van der Waals surface area contributed by atoms with E-state index in [1.54, 1.807) is 68.4 Å². The van der Waals surface area contributed by atoms with E-state index in [1.807, 2.05) is 6.07 Å². The quantitative estimate of drug-likeness (QED) is 0.0150. The summed E-state index contributed by atoms with van der Waals surface area (Å²) in [5.41, 5.74) is -3.71. The van der Waals surface area contributed by atoms with Gasteiger partial charge in [-0.25, -0.2) is 23.7 Å². The third-order valence-electron chi connectivity index (χ3n) is 18.8. The molecule has 6 aliphatic heterocycles. The smallest absolute Gasteiger partial charge is 0.441 e. The summed E-state index contributed by atoms with van der Waals surface area (Å²) >= 11 is 24.6. The molecule has 6 saturated heterocycles. The summed E-state index contributed by atoms with van der Waals surface area (Å²) in [6.45, 7) is 2.23. The number of anilines is 1. The number of aliphatic hydroxyl groups excluding tert-OH is 2. The number of para-hydroxylation sites is 4. The van der Waals surface area contributed by atoms with Crippen molar-refractivity contribution in [3.05, 3.63) is 200 Å². The fourth-order valence-electron chi connectivity index (χ4n) is 12.9. The van der Waals surface area contributed by atoms with Gasteiger partial charge in [-0.05, 0) is 67.8 Å². The molecule has 119 heavy (non-hydrogen) atoms. The Labute approximate surface area is 695 Å². The van der Waals surface area contributed by atoms with Gasteiger partial charge in [0, 0.05) is 69.5 Å². The van der Waals surface area contributed by atoms with Crippen LogP contribution in [0.2, 0.25) is 20.1 Å². The molecule has 14 rings (SSSR count). The molecule has 6 fully saturated rings. The van der Waals surface area contributed by atoms with Crippen LogP contribution in [-0.2, 0) is 79.3 Å². The number of imidazole rings is 1. The number of nitrogens with zero attached hydrogens (tertiary/aromatic N) is 6. The fraction of sp³-hybridized carbons (Fsp3) is 0.451. The summed E-state index contributed by atoms with van der Waals surface area (Å²) < 4.78 is 150. The van der Waals surface area contributed by atoms with E-state index in [2.05, 4.69) is 30.2 Å². The number of hydrogen-bond acceptors (Lipinski definition) is 33. The van der Waals surface area contributed by atoms with Crippen molar-refractivity contribution in [3.63, 3.8) is 0 Å². The van der Waals surface area contributed by atoms with Crippen molar-refractivity contribution in [2.45, 2.75) is 150 Å². The number of benzene rings is 4. The van der Waals surface area contributed by atoms with Crippen LogP contribution in [-0.4, -0.2) is 183 Å². The zero-order valence-electron chi connectivity index (χ0n) is 62.7. The molecule has 4 aromatic carbocycles. The SMILES string of the molecule is CC(C)C(=O)Nc1nc2c(ncn2[C@@H]2O[C@H](CO)[C@](O)([PH](=O)Oc3ccccc3Cl)[C@H]2OC2CCCO2)c(=O)[nH]1.N#CCCOP(=O)(Oc1ccccc1Cl)O[C@H]1[C@@H](OC2CCCO2)[C@H](n2ccc(=O)[nH]c2=O)O[C@@H]1CO[PH](=O)Oc1ccccc1Cl.O=c1ccn([C@@H]2O[C@H](CO)[C@](O)([PH](=O)Oc3ccccc3Cl)[C@H]2OC2CCCO2)c(=O)[nH]1. The van der Waals surface area contributed by atoms with Gasteiger partial charge in [-0.3, -0.25) is 75.8 Å². The zero-order chi connectivity index (χ0) is 84.9. The van der Waals surface area contributed by atoms with E-state index >= 15 is 0 Å². The summed E-state index contributed by atoms with van der Waals surface area (Å²) in [5.74, 6) is -0.715. The van der Waals surface area contributed by atoms with Crippen molar-refractivity contribution in [2.75, 3.05) is 51.6 Å². The van der Waals surface area contributed by atoms with Crippen LogP contribution in [0, 0.1) is 17.2 Å². The number of halogens is 4. The van der Waals surface area contributed by atoms with Crippen molar-refractivity contribution in [1.29, 1.82) is 5.26 Å². The summed E-state index contributed by atoms with van der Waals surface area (Å²) in [7, 11) is -14.9. The van der Waals surface area contributed by atoms with Crippen LogP contribution < -0.4 is 51.5 Å². The number of H-pyrrole nitrogens is 3. The Morgan fingerprint density at radius 3 is 1.55 bits per heavy atom. The number of hydrogen-bond donors (Lipinski definition) is 8. The number of rotatable bonds is 31. The van der Waals surface area contributed by atoms with E-state index in [1.165, 1.54) is 59.6 Å². The van der Waals surface area contributed by atoms with Gasteiger partial charge in [-0.2, -0.15) is 10.2 Å². The van der Waals surface area contributed by atoms with Crippen LogP contribution in [0.1, 0.15) is 77.5 Å². The van der Waals surface area contributed by atoms with Crippen molar-refractivity contribution < 1.29 is 118 Å². The van der Waals surface area contributed by atoms with E-state index in [0.717, 1.165) is 27.5 Å². The minimum atomic E-state index is -4.67. The summed E-state index contributed by atoms with van der Waals surface area (Å²) in [6.07, 6.45) is -9.04. The zero-order valence-corrected chi connectivity index (χ0v) is 69.6. The molecular weight excluding hydrogens is 1740 g/mol. The normalized spacial score (nSPS) is 27.1. The van der Waals surface area contributed by atoms with Gasteiger partial charge in [0.05, 0.1) is 65.3 Å². The number of aliphatic hydroxyl groups is 4. The highest BCUT2D eigenvalue weighted by Gasteiger charge is 2.65. The molecule has 6 aliphatic rings. The monoisotopic (exact) mass is 1820 g/mol. The molecule has 19 atom stereocenters. The predicted octanol–water partition coefficient (Wildman–Crippen LogP) is 8.12. The lowest BCUT2D eigenvalue weighted by Gasteiger charge is -2.33. The number of fused-ring (bicyclic) bond motifs is 1. The second-order valence-electron chi connectivity index (χ2n) is 27.1. The largest absolute Gasteiger partial charge is 0.530 e. The molecule has 0 bridgehead atoms. The maximum absolute atomic E-state index is 14.2. The maximum Gasteiger partial charge on any atom is 0.530 e. The molecule has 1 amide bonds. The first kappa shape index (κ1) is 90.4. The Bertz CT molecular complexity index is 5360. The first-order valence-corrected chi connectivity index (χ1v) is 43.6. The number of carbonyl (C=O) groups is 1. The van der Waals surface area contributed by atoms with Gasteiger partial charge < -0.3 is 81.2 Å². The first-order chi connectivity index (χ1) is 57.1. The van der Waals surface area contributed by atoms with Crippen LogP contribution >= 0.6 is 78.5 Å². The molecular formula is C71H80Cl4N10O30P4. The molecule has 0 spiro atoms. The maximum atomic E-state index is 14.2. The van der Waals surface area contributed by atoms with Crippen LogP contribution in [0.3, 0.4) is 0 Å². The molecule has 8 N–H and O–H groups in total. The molecule has 0 saturated carbocycles. The van der Waals surface area contributed by atoms with E-state index < -0.39 is 171 Å². The Hall–Kier alpha value is -7.81. The lowest BCUT2D eigenvalue weighted by molar-refractivity contribution is -0.188. The summed E-state index contributed by atoms with van der Waals surface area (Å²) in [4.78, 5) is 88.8. The van der Waals surface area contributed by atoms with Crippen LogP contribution in [0.15, 0.2) is 152 Å². The van der Waals surface area contributed by atoms with Crippen LogP contribution in [0.25, 0.3) is 11.2 Å². The van der Waals surface area contributed by atoms with Gasteiger partial charge in [0.2, 0.25) is 22.5 Å². The highest BCUT2D eigenvalue weighted by atomic mass is 35.5. The number of aromatic nitrogens is 8. The van der Waals surface area contributed by atoms with E-state index in [4.69, 9.17) is 126 Å². The summed E-state index contributed by atoms with van der Waals surface area (Å²) in [6, 6.07) is 29.1. The molecule has 48 heteroatoms. The Balaban J connectivity index is 0.000000167. The molecule has 10 heterocycles. The van der Waals surface area contributed by atoms with E-state index in [9.17, 15) is 67.5 Å². The second-order valence-corrected chi connectivity index (χ2v) is 34.4. The lowest BCUT2D eigenvalue weighted by Crippen LogP contribution is -2.50. The number of carbonyl (C=O) groups excluding carboxylic acids is 1. The number of nitrogens with one attached hydrogen (secondary N) is 4. The Kier molecular flexibility index (Phi) is 31.1. The number of amides is 1. The topological polar surface area (TPSA) is 523 Å². The first-order valence-electron chi connectivity index (χ1n) is 36.7. The van der Waals surface area contributed by atoms with Gasteiger partial charge in [0.25, 0.3) is 32.7 Å². The number of ether oxygens (including phenoxy) is 9. The third kappa shape index (κ3) is 21.5. The minimum absolute atomic E-state index is 0.0126. The van der Waals surface area contributed by atoms with Crippen LogP contribution in [0.4, 0.5) is 5.95 Å². The predicted molar refractivity (Wildman–Crippen MR) is 422 cm³/mol. The second kappa shape index (κ2) is 40.9. The molecule has 0 radical (unpaired) electrons. The van der Waals surface area contributed by atoms with Gasteiger partial charge in [0.1, 0.15) is 65.7 Å². The Morgan fingerprint density at radius 2 is 1.10 bits per heavy atom. The van der Waals surface area contributed by atoms with Gasteiger partial charge in [-0.15, -0.1) is 0 Å². The third-order valence-corrected chi connectivity index (χ3v) is 25.6. The number of aromatic amines is 3. The summed E-state index contributed by atoms with van der Waals surface area (Å²) in [5, 5.41) is 51.1. The minimum Gasteiger partial charge on any atom is -0.441 e. The van der Waals surface area contributed by atoms with Crippen LogP contribution in [0.5, 0.6) is 23.0 Å². The van der Waals surface area contributed by atoms with E-state index in [-0.39, 0.29) is 85.1 Å². The van der Waals surface area contributed by atoms with Crippen molar-refractivity contribution >= 4 is 102 Å². The van der Waals surface area contributed by atoms with E-state index in [0.29, 0.717) is 58.3 Å². The van der Waals surface area contributed by atoms with Crippen molar-refractivity contribution in [2.24, 2.45) is 5.92 Å². The molecule has 0 aliphatic carbocycles. The Morgan fingerprint density at radius 1 is 0.639 bits per heavy atom. The number of phosphoric acid groups is 1. The van der Waals surface area contributed by atoms with Gasteiger partial charge >= 0.3 is 27.5 Å². The fourth-order valence-corrected chi connectivity index (χ4v) is 18.8. The number of nitriles is 1. The highest BCUT2D eigenvalue weighted by molar-refractivity contribution is 7.49. The van der Waals surface area contributed by atoms with Crippen molar-refractivity contribution in [3.8, 4) is 29.1 Å². The average molecular weight is 1820 g/mol. The highest BCUT2D eigenvalue weighted by Crippen LogP contribution is 2.58. The number of phosphoric ester groups is 1. The molecule has 40 nitrogen and oxygen atoms in total. The van der Waals surface area contributed by atoms with Crippen molar-refractivity contribution in [1.82, 2.24) is 38.6 Å². The molecule has 8 aromatic rings. The standard InChI is InChI=1S/C28H29Cl2N3O12P2.C24H29ClN5O9P.C19H22ClN2O9P/c29-18-7-1-3-9-20(18)43-46(36)39-17-22-25(45-47(37,40-16-6-13-31)44-21-10-4-2-8-19(21)30)26(42-24-11-5-15-38-24)27(41-22)33-14-12-23(34)32-28(33)35;1-12(2)20(32)28-23-27-19-17(21(33)29-23)26-11-30(19)22-18(38-16-8-5-9-36-16)24(34,15(10-31)37-22)40(35)39-14-7-4-3-6-13(14)25;20-11-4-1-2-5-12(11)31-32(27)19(26)13(10-23)29-17(16(19)30-15-6-3-9-28-15)22-8-7-14(24)21-18(22)25/h1-4,7-10,12,14,22,24-27,46H,5-6,11,15-17H2,(H,32,34,35);3-4,6-7,11-12,15-16,18,22,31,34,40H,5,8-10H2,1-2H3,(H2,27,28,29,32,33);1-2,4-5,7-8,13,15-17,23,26,32H,3,6,9-10H2,(H,21,24,25)/t22-,24?,25-,26-,27-,47?;15-,16?,18+,22-,24+;13-,15?,16+,17-,19+/m111/s1. The average Bonchev–Trinajstić information content (AvgIpc) is 1.58. The molecule has 7 unspecified atom stereocenters. The molecule has 4 aromatic heterocycles. The van der Waals surface area contributed by atoms with Gasteiger partial charge in [0.15, 0.2) is 48.7 Å². The van der Waals surface area contributed by atoms with Gasteiger partial charge in [-0.1, -0.05) is 109 Å². The molecule has 642 valence electrons.